The quantitative estimate of drug-likeness (QED) is 0.838. The van der Waals surface area contributed by atoms with E-state index in [-0.39, 0.29) is 23.9 Å². The fraction of sp³-hybridized carbons (Fsp3) is 0.417. The van der Waals surface area contributed by atoms with Crippen LogP contribution in [0.25, 0.3) is 0 Å². The number of carbonyl (C=O) groups is 2. The van der Waals surface area contributed by atoms with E-state index in [1.54, 1.807) is 0 Å². The van der Waals surface area contributed by atoms with E-state index < -0.39 is 5.72 Å². The van der Waals surface area contributed by atoms with Crippen molar-refractivity contribution >= 4 is 17.5 Å². The molecule has 2 aromatic rings. The van der Waals surface area contributed by atoms with Gasteiger partial charge in [0, 0.05) is 19.5 Å². The number of nitrogens with one attached hydrogen (secondary N) is 1. The monoisotopic (exact) mass is 403 g/mol. The Morgan fingerprint density at radius 3 is 2.87 bits per heavy atom. The predicted molar refractivity (Wildman–Crippen MR) is 112 cm³/mol. The van der Waals surface area contributed by atoms with Crippen LogP contribution in [0.1, 0.15) is 46.8 Å². The Morgan fingerprint density at radius 2 is 2.00 bits per heavy atom. The minimum absolute atomic E-state index is 0.00420. The number of hydrogen-bond acceptors (Lipinski definition) is 4. The van der Waals surface area contributed by atoms with E-state index in [4.69, 9.17) is 4.74 Å². The third-order valence-corrected chi connectivity index (χ3v) is 7.21. The molecule has 0 saturated carbocycles. The highest BCUT2D eigenvalue weighted by Crippen LogP contribution is 2.52. The average Bonchev–Trinajstić information content (AvgIpc) is 3.42. The molecule has 2 amide bonds. The largest absolute Gasteiger partial charge is 0.384 e. The summed E-state index contributed by atoms with van der Waals surface area (Å²) in [6, 6.07) is 15.7. The molecule has 0 unspecified atom stereocenters. The Balaban J connectivity index is 1.33. The molecule has 0 radical (unpaired) electrons. The summed E-state index contributed by atoms with van der Waals surface area (Å²) in [5.74, 6) is 0.0848. The van der Waals surface area contributed by atoms with Crippen molar-refractivity contribution in [3.05, 3.63) is 65.2 Å². The smallest absolute Gasteiger partial charge is 0.256 e. The molecule has 3 fully saturated rings. The van der Waals surface area contributed by atoms with Crippen molar-refractivity contribution in [1.82, 2.24) is 9.80 Å². The van der Waals surface area contributed by atoms with E-state index in [0.29, 0.717) is 31.6 Å². The van der Waals surface area contributed by atoms with Crippen molar-refractivity contribution in [1.29, 1.82) is 0 Å². The Morgan fingerprint density at radius 1 is 1.13 bits per heavy atom. The molecule has 6 nitrogen and oxygen atoms in total. The highest BCUT2D eigenvalue weighted by atomic mass is 16.5. The second-order valence-corrected chi connectivity index (χ2v) is 8.68. The number of nitrogens with zero attached hydrogens (tertiary/aromatic N) is 2. The summed E-state index contributed by atoms with van der Waals surface area (Å²) in [5.41, 5.74) is 3.29. The first kappa shape index (κ1) is 18.0. The molecule has 0 aromatic heterocycles. The lowest BCUT2D eigenvalue weighted by molar-refractivity contribution is -0.138. The van der Waals surface area contributed by atoms with Gasteiger partial charge >= 0.3 is 0 Å². The summed E-state index contributed by atoms with van der Waals surface area (Å²) in [6.07, 6.45) is 3.07. The first-order valence-electron chi connectivity index (χ1n) is 10.9. The zero-order valence-electron chi connectivity index (χ0n) is 16.8. The summed E-state index contributed by atoms with van der Waals surface area (Å²) in [5, 5.41) is 3.42. The Bertz CT molecular complexity index is 1020. The molecule has 4 heterocycles. The fourth-order valence-electron chi connectivity index (χ4n) is 5.85. The van der Waals surface area contributed by atoms with E-state index in [0.717, 1.165) is 30.6 Å². The minimum atomic E-state index is -0.685. The van der Waals surface area contributed by atoms with Crippen molar-refractivity contribution in [3.8, 4) is 0 Å². The minimum Gasteiger partial charge on any atom is -0.384 e. The van der Waals surface area contributed by atoms with Crippen LogP contribution in [0.3, 0.4) is 0 Å². The molecule has 4 aliphatic rings. The van der Waals surface area contributed by atoms with Crippen LogP contribution in [0, 0.1) is 0 Å². The molecule has 6 heteroatoms. The highest BCUT2D eigenvalue weighted by molar-refractivity contribution is 6.01. The summed E-state index contributed by atoms with van der Waals surface area (Å²) in [4.78, 5) is 30.5. The lowest BCUT2D eigenvalue weighted by atomic mass is 9.98. The van der Waals surface area contributed by atoms with Crippen LogP contribution in [0.4, 0.5) is 5.69 Å². The second-order valence-electron chi connectivity index (χ2n) is 8.68. The standard InChI is InChI=1S/C24H25N3O3/c28-21-14-20-24(27(21)19(15-30-24)16-6-2-1-3-7-16)11-13-26(20)23(29)18-10-4-8-17-9-5-12-25-22(17)18/h1-4,6-8,10,19-20,25H,5,9,11-15H2/t19-,20+,24-/m0/s1. The van der Waals surface area contributed by atoms with Crippen LogP contribution in [-0.4, -0.2) is 53.1 Å². The molecule has 1 N–H and O–H groups in total. The maximum absolute atomic E-state index is 13.6. The number of carbonyl (C=O) groups excluding carboxylic acids is 2. The molecule has 3 atom stereocenters. The van der Waals surface area contributed by atoms with Crippen LogP contribution >= 0.6 is 0 Å². The maximum Gasteiger partial charge on any atom is 0.256 e. The van der Waals surface area contributed by atoms with Gasteiger partial charge in [0.25, 0.3) is 5.91 Å². The number of para-hydroxylation sites is 1. The zero-order valence-corrected chi connectivity index (χ0v) is 16.8. The first-order valence-corrected chi connectivity index (χ1v) is 10.9. The van der Waals surface area contributed by atoms with Crippen LogP contribution < -0.4 is 5.32 Å². The zero-order chi connectivity index (χ0) is 20.3. The maximum atomic E-state index is 13.6. The summed E-state index contributed by atoms with van der Waals surface area (Å²) >= 11 is 0. The normalized spacial score (nSPS) is 29.4. The van der Waals surface area contributed by atoms with Crippen LogP contribution in [0.15, 0.2) is 48.5 Å². The van der Waals surface area contributed by atoms with Gasteiger partial charge < -0.3 is 19.9 Å². The SMILES string of the molecule is O=C(c1cccc2c1NCCC2)N1CC[C@@]23OC[C@@H](c4ccccc4)N2C(=O)C[C@@H]13. The van der Waals surface area contributed by atoms with Gasteiger partial charge in [-0.2, -0.15) is 0 Å². The number of rotatable bonds is 2. The summed E-state index contributed by atoms with van der Waals surface area (Å²) in [6.45, 7) is 1.98. The van der Waals surface area contributed by atoms with Gasteiger partial charge in [-0.3, -0.25) is 9.59 Å². The second kappa shape index (κ2) is 6.57. The van der Waals surface area contributed by atoms with Crippen molar-refractivity contribution in [2.75, 3.05) is 25.0 Å². The molecule has 6 rings (SSSR count). The van der Waals surface area contributed by atoms with Crippen molar-refractivity contribution in [2.24, 2.45) is 0 Å². The molecule has 1 spiro atoms. The van der Waals surface area contributed by atoms with E-state index in [9.17, 15) is 9.59 Å². The van der Waals surface area contributed by atoms with Crippen LogP contribution in [0.5, 0.6) is 0 Å². The molecule has 3 saturated heterocycles. The predicted octanol–water partition coefficient (Wildman–Crippen LogP) is 2.96. The topological polar surface area (TPSA) is 61.9 Å². The highest BCUT2D eigenvalue weighted by Gasteiger charge is 2.65. The average molecular weight is 403 g/mol. The third kappa shape index (κ3) is 2.40. The number of ether oxygens (including phenoxy) is 1. The van der Waals surface area contributed by atoms with E-state index in [1.165, 1.54) is 5.56 Å². The third-order valence-electron chi connectivity index (χ3n) is 7.21. The van der Waals surface area contributed by atoms with Gasteiger partial charge in [0.1, 0.15) is 0 Å². The van der Waals surface area contributed by atoms with Gasteiger partial charge in [-0.1, -0.05) is 42.5 Å². The van der Waals surface area contributed by atoms with Gasteiger partial charge in [-0.25, -0.2) is 0 Å². The molecule has 0 aliphatic carbocycles. The van der Waals surface area contributed by atoms with Gasteiger partial charge in [0.15, 0.2) is 5.72 Å². The molecular formula is C24H25N3O3. The molecule has 2 aromatic carbocycles. The van der Waals surface area contributed by atoms with Gasteiger partial charge in [-0.15, -0.1) is 0 Å². The lowest BCUT2D eigenvalue weighted by Gasteiger charge is -2.33. The van der Waals surface area contributed by atoms with Crippen LogP contribution in [0.2, 0.25) is 0 Å². The number of likely N-dealkylation sites (tertiary alicyclic amines) is 1. The number of amides is 2. The molecule has 4 aliphatic heterocycles. The van der Waals surface area contributed by atoms with E-state index in [2.05, 4.69) is 11.4 Å². The van der Waals surface area contributed by atoms with Gasteiger partial charge in [-0.05, 0) is 30.0 Å². The molecular weight excluding hydrogens is 378 g/mol. The van der Waals surface area contributed by atoms with E-state index in [1.807, 2.05) is 52.3 Å². The fourth-order valence-corrected chi connectivity index (χ4v) is 5.85. The van der Waals surface area contributed by atoms with Gasteiger partial charge in [0.05, 0.1) is 36.4 Å². The first-order chi connectivity index (χ1) is 14.7. The number of fused-ring (bicyclic) bond motifs is 1. The van der Waals surface area contributed by atoms with Crippen molar-refractivity contribution in [2.45, 2.75) is 43.5 Å². The molecule has 154 valence electrons. The molecule has 0 bridgehead atoms. The van der Waals surface area contributed by atoms with Gasteiger partial charge in [0.2, 0.25) is 5.91 Å². The number of hydrogen-bond donors (Lipinski definition) is 1. The van der Waals surface area contributed by atoms with Crippen molar-refractivity contribution in [3.63, 3.8) is 0 Å². The molecule has 30 heavy (non-hydrogen) atoms. The summed E-state index contributed by atoms with van der Waals surface area (Å²) in [7, 11) is 0. The van der Waals surface area contributed by atoms with Crippen LogP contribution in [-0.2, 0) is 16.0 Å². The number of aryl methyl sites for hydroxylation is 1. The lowest BCUT2D eigenvalue weighted by Crippen LogP contribution is -2.49. The summed E-state index contributed by atoms with van der Waals surface area (Å²) < 4.78 is 6.35. The number of anilines is 1. The Hall–Kier alpha value is -2.86. The Labute approximate surface area is 175 Å². The van der Waals surface area contributed by atoms with Crippen molar-refractivity contribution < 1.29 is 14.3 Å². The van der Waals surface area contributed by atoms with E-state index >= 15 is 0 Å². The Kier molecular flexibility index (Phi) is 3.93. The number of benzene rings is 2.